The van der Waals surface area contributed by atoms with Crippen LogP contribution >= 0.6 is 0 Å². The minimum atomic E-state index is -3.34. The molecule has 0 bridgehead atoms. The molecule has 0 aliphatic heterocycles. The molecule has 1 aromatic carbocycles. The van der Waals surface area contributed by atoms with Gasteiger partial charge in [0.15, 0.2) is 0 Å². The van der Waals surface area contributed by atoms with E-state index in [2.05, 4.69) is 5.32 Å². The third-order valence-electron chi connectivity index (χ3n) is 2.82. The summed E-state index contributed by atoms with van der Waals surface area (Å²) in [5.74, 6) is -0.258. The third kappa shape index (κ3) is 4.80. The van der Waals surface area contributed by atoms with Crippen molar-refractivity contribution in [3.05, 3.63) is 30.1 Å². The SMILES string of the molecule is CCN(c1ccc(F)cc1)S(=O)(=O)CCCCNC. The summed E-state index contributed by atoms with van der Waals surface area (Å²) in [6.07, 6.45) is 1.43. The van der Waals surface area contributed by atoms with E-state index in [-0.39, 0.29) is 11.6 Å². The van der Waals surface area contributed by atoms with Crippen molar-refractivity contribution in [1.29, 1.82) is 0 Å². The molecule has 1 rings (SSSR count). The number of sulfonamides is 1. The molecule has 0 amide bonds. The third-order valence-corrected chi connectivity index (χ3v) is 4.76. The molecule has 108 valence electrons. The molecular formula is C13H21FN2O2S. The van der Waals surface area contributed by atoms with Gasteiger partial charge in [0.05, 0.1) is 11.4 Å². The molecule has 0 aliphatic carbocycles. The van der Waals surface area contributed by atoms with Crippen LogP contribution in [0.5, 0.6) is 0 Å². The summed E-state index contributed by atoms with van der Waals surface area (Å²) in [6.45, 7) is 2.92. The molecule has 1 aromatic rings. The lowest BCUT2D eigenvalue weighted by molar-refractivity contribution is 0.585. The van der Waals surface area contributed by atoms with Crippen LogP contribution in [-0.4, -0.2) is 34.3 Å². The fourth-order valence-corrected chi connectivity index (χ4v) is 3.47. The second kappa shape index (κ2) is 7.45. The molecule has 0 aromatic heterocycles. The topological polar surface area (TPSA) is 49.4 Å². The van der Waals surface area contributed by atoms with E-state index >= 15 is 0 Å². The lowest BCUT2D eigenvalue weighted by Crippen LogP contribution is -2.33. The Balaban J connectivity index is 2.75. The summed E-state index contributed by atoms with van der Waals surface area (Å²) in [5.41, 5.74) is 0.512. The second-order valence-electron chi connectivity index (χ2n) is 4.27. The van der Waals surface area contributed by atoms with Gasteiger partial charge < -0.3 is 5.32 Å². The van der Waals surface area contributed by atoms with Crippen LogP contribution in [0.15, 0.2) is 24.3 Å². The van der Waals surface area contributed by atoms with Gasteiger partial charge >= 0.3 is 0 Å². The number of anilines is 1. The standard InChI is InChI=1S/C13H21FN2O2S/c1-3-16(13-8-6-12(14)7-9-13)19(17,18)11-5-4-10-15-2/h6-9,15H,3-5,10-11H2,1-2H3. The number of hydrogen-bond donors (Lipinski definition) is 1. The van der Waals surface area contributed by atoms with E-state index in [1.165, 1.54) is 28.6 Å². The van der Waals surface area contributed by atoms with Gasteiger partial charge in [-0.05, 0) is 57.6 Å². The number of rotatable bonds is 8. The first-order valence-corrected chi connectivity index (χ1v) is 8.02. The van der Waals surface area contributed by atoms with E-state index in [4.69, 9.17) is 0 Å². The van der Waals surface area contributed by atoms with Crippen molar-refractivity contribution in [1.82, 2.24) is 5.32 Å². The maximum atomic E-state index is 12.9. The maximum Gasteiger partial charge on any atom is 0.235 e. The van der Waals surface area contributed by atoms with Crippen LogP contribution in [-0.2, 0) is 10.0 Å². The number of halogens is 1. The van der Waals surface area contributed by atoms with Crippen molar-refractivity contribution in [2.75, 3.05) is 30.2 Å². The fourth-order valence-electron chi connectivity index (χ4n) is 1.84. The molecule has 0 heterocycles. The highest BCUT2D eigenvalue weighted by atomic mass is 32.2. The summed E-state index contributed by atoms with van der Waals surface area (Å²) in [5, 5.41) is 2.98. The first-order valence-electron chi connectivity index (χ1n) is 6.42. The summed E-state index contributed by atoms with van der Waals surface area (Å²) in [7, 11) is -1.50. The molecule has 0 saturated heterocycles. The smallest absolute Gasteiger partial charge is 0.235 e. The molecular weight excluding hydrogens is 267 g/mol. The van der Waals surface area contributed by atoms with Gasteiger partial charge in [-0.2, -0.15) is 0 Å². The molecule has 0 radical (unpaired) electrons. The Morgan fingerprint density at radius 1 is 1.21 bits per heavy atom. The normalized spacial score (nSPS) is 11.5. The highest BCUT2D eigenvalue weighted by Gasteiger charge is 2.20. The van der Waals surface area contributed by atoms with Gasteiger partial charge in [-0.25, -0.2) is 12.8 Å². The first-order chi connectivity index (χ1) is 9.01. The Kier molecular flexibility index (Phi) is 6.24. The van der Waals surface area contributed by atoms with Gasteiger partial charge in [0.2, 0.25) is 10.0 Å². The monoisotopic (exact) mass is 288 g/mol. The highest BCUT2D eigenvalue weighted by molar-refractivity contribution is 7.92. The fraction of sp³-hybridized carbons (Fsp3) is 0.538. The molecule has 0 fully saturated rings. The van der Waals surface area contributed by atoms with Crippen LogP contribution in [0, 0.1) is 5.82 Å². The minimum absolute atomic E-state index is 0.111. The van der Waals surface area contributed by atoms with Gasteiger partial charge in [0.1, 0.15) is 5.82 Å². The van der Waals surface area contributed by atoms with Crippen LogP contribution in [0.4, 0.5) is 10.1 Å². The van der Waals surface area contributed by atoms with E-state index in [0.29, 0.717) is 18.7 Å². The van der Waals surface area contributed by atoms with Crippen LogP contribution in [0.1, 0.15) is 19.8 Å². The molecule has 1 N–H and O–H groups in total. The quantitative estimate of drug-likeness (QED) is 0.744. The lowest BCUT2D eigenvalue weighted by Gasteiger charge is -2.22. The van der Waals surface area contributed by atoms with Gasteiger partial charge in [0.25, 0.3) is 0 Å². The average Bonchev–Trinajstić information content (AvgIpc) is 2.37. The zero-order valence-electron chi connectivity index (χ0n) is 11.4. The van der Waals surface area contributed by atoms with Crippen LogP contribution in [0.25, 0.3) is 0 Å². The minimum Gasteiger partial charge on any atom is -0.320 e. The molecule has 0 atom stereocenters. The van der Waals surface area contributed by atoms with Crippen LogP contribution in [0.3, 0.4) is 0 Å². The summed E-state index contributed by atoms with van der Waals surface area (Å²) >= 11 is 0. The first kappa shape index (κ1) is 15.9. The van der Waals surface area contributed by atoms with Crippen molar-refractivity contribution in [3.8, 4) is 0 Å². The number of nitrogens with one attached hydrogen (secondary N) is 1. The van der Waals surface area contributed by atoms with E-state index < -0.39 is 10.0 Å². The molecule has 4 nitrogen and oxygen atoms in total. The predicted octanol–water partition coefficient (Wildman–Crippen LogP) is 1.98. The predicted molar refractivity (Wildman–Crippen MR) is 76.4 cm³/mol. The average molecular weight is 288 g/mol. The Morgan fingerprint density at radius 3 is 2.37 bits per heavy atom. The van der Waals surface area contributed by atoms with Crippen molar-refractivity contribution < 1.29 is 12.8 Å². The number of hydrogen-bond acceptors (Lipinski definition) is 3. The van der Waals surface area contributed by atoms with Gasteiger partial charge in [-0.1, -0.05) is 0 Å². The summed E-state index contributed by atoms with van der Waals surface area (Å²) in [4.78, 5) is 0. The molecule has 0 aliphatic rings. The molecule has 6 heteroatoms. The van der Waals surface area contributed by atoms with Crippen LogP contribution in [0.2, 0.25) is 0 Å². The zero-order valence-corrected chi connectivity index (χ0v) is 12.2. The van der Waals surface area contributed by atoms with E-state index in [1.54, 1.807) is 6.92 Å². The van der Waals surface area contributed by atoms with E-state index in [0.717, 1.165) is 13.0 Å². The number of benzene rings is 1. The summed E-state index contributed by atoms with van der Waals surface area (Å²) < 4.78 is 38.6. The molecule has 0 spiro atoms. The van der Waals surface area contributed by atoms with Crippen molar-refractivity contribution in [2.45, 2.75) is 19.8 Å². The number of unbranched alkanes of at least 4 members (excludes halogenated alkanes) is 1. The Morgan fingerprint density at radius 2 is 1.84 bits per heavy atom. The van der Waals surface area contributed by atoms with Gasteiger partial charge in [-0.15, -0.1) is 0 Å². The number of nitrogens with zero attached hydrogens (tertiary/aromatic N) is 1. The van der Waals surface area contributed by atoms with Gasteiger partial charge in [-0.3, -0.25) is 4.31 Å². The molecule has 0 unspecified atom stereocenters. The largest absolute Gasteiger partial charge is 0.320 e. The molecule has 0 saturated carbocycles. The lowest BCUT2D eigenvalue weighted by atomic mass is 10.3. The Hall–Kier alpha value is -1.14. The molecule has 19 heavy (non-hydrogen) atoms. The van der Waals surface area contributed by atoms with E-state index in [1.807, 2.05) is 7.05 Å². The van der Waals surface area contributed by atoms with Gasteiger partial charge in [0, 0.05) is 6.54 Å². The maximum absolute atomic E-state index is 12.9. The van der Waals surface area contributed by atoms with E-state index in [9.17, 15) is 12.8 Å². The second-order valence-corrected chi connectivity index (χ2v) is 6.28. The zero-order chi connectivity index (χ0) is 14.3. The summed E-state index contributed by atoms with van der Waals surface area (Å²) in [6, 6.07) is 5.52. The Labute approximate surface area is 114 Å². The Bertz CT molecular complexity index is 474. The van der Waals surface area contributed by atoms with Crippen molar-refractivity contribution in [3.63, 3.8) is 0 Å². The van der Waals surface area contributed by atoms with Crippen molar-refractivity contribution in [2.24, 2.45) is 0 Å². The van der Waals surface area contributed by atoms with Crippen molar-refractivity contribution >= 4 is 15.7 Å². The van der Waals surface area contributed by atoms with Crippen LogP contribution < -0.4 is 9.62 Å². The highest BCUT2D eigenvalue weighted by Crippen LogP contribution is 2.19.